The highest BCUT2D eigenvalue weighted by atomic mass is 19.4. The summed E-state index contributed by atoms with van der Waals surface area (Å²) in [6, 6.07) is 4.19. The lowest BCUT2D eigenvalue weighted by Crippen LogP contribution is -2.07. The van der Waals surface area contributed by atoms with Crippen molar-refractivity contribution in [3.8, 4) is 0 Å². The molecule has 0 saturated heterocycles. The Labute approximate surface area is 94.8 Å². The highest BCUT2D eigenvalue weighted by Gasteiger charge is 2.36. The summed E-state index contributed by atoms with van der Waals surface area (Å²) < 4.78 is 39.3. The van der Waals surface area contributed by atoms with Crippen LogP contribution in [0.1, 0.15) is 23.0 Å². The molecule has 6 heteroatoms. The number of hydrogen-bond donors (Lipinski definition) is 0. The van der Waals surface area contributed by atoms with Crippen molar-refractivity contribution in [2.75, 3.05) is 0 Å². The number of fused-ring (bicyclic) bond motifs is 1. The molecule has 0 saturated carbocycles. The van der Waals surface area contributed by atoms with E-state index in [1.165, 1.54) is 32.2 Å². The third-order valence-electron chi connectivity index (χ3n) is 2.53. The van der Waals surface area contributed by atoms with Crippen molar-refractivity contribution >= 4 is 16.7 Å². The average Bonchev–Trinajstić information content (AvgIpc) is 2.55. The summed E-state index contributed by atoms with van der Waals surface area (Å²) in [6.45, 7) is 1.31. The van der Waals surface area contributed by atoms with Gasteiger partial charge in [0.1, 0.15) is 0 Å². The van der Waals surface area contributed by atoms with Crippen molar-refractivity contribution < 1.29 is 18.0 Å². The predicted molar refractivity (Wildman–Crippen MR) is 55.7 cm³/mol. The summed E-state index contributed by atoms with van der Waals surface area (Å²) in [4.78, 5) is 11.1. The molecule has 2 rings (SSSR count). The summed E-state index contributed by atoms with van der Waals surface area (Å²) in [7, 11) is 1.44. The van der Waals surface area contributed by atoms with Gasteiger partial charge in [0, 0.05) is 18.0 Å². The first-order chi connectivity index (χ1) is 7.80. The Kier molecular flexibility index (Phi) is 2.45. The van der Waals surface area contributed by atoms with E-state index >= 15 is 0 Å². The van der Waals surface area contributed by atoms with Crippen molar-refractivity contribution in [2.45, 2.75) is 13.1 Å². The fraction of sp³-hybridized carbons (Fsp3) is 0.273. The number of Topliss-reactive ketones (excluding diaryl/α,β-unsaturated/α-hetero) is 1. The lowest BCUT2D eigenvalue weighted by atomic mass is 10.1. The van der Waals surface area contributed by atoms with Crippen molar-refractivity contribution in [2.24, 2.45) is 7.05 Å². The zero-order valence-corrected chi connectivity index (χ0v) is 9.17. The fourth-order valence-corrected chi connectivity index (χ4v) is 1.69. The minimum Gasteiger partial charge on any atom is -0.295 e. The number of hydrogen-bond acceptors (Lipinski definition) is 2. The van der Waals surface area contributed by atoms with Crippen LogP contribution in [0.3, 0.4) is 0 Å². The van der Waals surface area contributed by atoms with Gasteiger partial charge in [-0.05, 0) is 25.1 Å². The molecule has 0 aliphatic rings. The molecule has 0 N–H and O–H groups in total. The summed E-state index contributed by atoms with van der Waals surface area (Å²) in [5.41, 5.74) is -0.364. The lowest BCUT2D eigenvalue weighted by Gasteiger charge is -2.02. The van der Waals surface area contributed by atoms with E-state index in [1.54, 1.807) is 0 Å². The Hall–Kier alpha value is -1.85. The van der Waals surface area contributed by atoms with Gasteiger partial charge in [-0.1, -0.05) is 0 Å². The second kappa shape index (κ2) is 3.58. The molecule has 2 aromatic rings. The molecule has 0 fully saturated rings. The molecule has 0 bridgehead atoms. The highest BCUT2D eigenvalue weighted by Crippen LogP contribution is 2.34. The van der Waals surface area contributed by atoms with E-state index in [2.05, 4.69) is 5.10 Å². The Morgan fingerprint density at radius 2 is 2.00 bits per heavy atom. The molecule has 0 aliphatic carbocycles. The van der Waals surface area contributed by atoms with Crippen molar-refractivity contribution in [3.05, 3.63) is 29.5 Å². The van der Waals surface area contributed by atoms with Gasteiger partial charge in [-0.15, -0.1) is 0 Å². The maximum atomic E-state index is 12.7. The van der Waals surface area contributed by atoms with E-state index in [1.807, 2.05) is 0 Å². The van der Waals surface area contributed by atoms with Crippen LogP contribution in [-0.2, 0) is 13.2 Å². The van der Waals surface area contributed by atoms with Gasteiger partial charge in [0.05, 0.1) is 5.52 Å². The van der Waals surface area contributed by atoms with Gasteiger partial charge >= 0.3 is 6.18 Å². The molecular weight excluding hydrogens is 233 g/mol. The Bertz CT molecular complexity index is 599. The van der Waals surface area contributed by atoms with Gasteiger partial charge in [0.25, 0.3) is 0 Å². The van der Waals surface area contributed by atoms with Crippen LogP contribution in [-0.4, -0.2) is 15.6 Å². The van der Waals surface area contributed by atoms with Crippen LogP contribution in [0.2, 0.25) is 0 Å². The first-order valence-corrected chi connectivity index (χ1v) is 4.85. The van der Waals surface area contributed by atoms with Crippen LogP contribution in [0.25, 0.3) is 10.9 Å². The van der Waals surface area contributed by atoms with Gasteiger partial charge < -0.3 is 0 Å². The smallest absolute Gasteiger partial charge is 0.295 e. The van der Waals surface area contributed by atoms with Gasteiger partial charge in [0.2, 0.25) is 0 Å². The van der Waals surface area contributed by atoms with Gasteiger partial charge in [-0.2, -0.15) is 18.3 Å². The molecule has 0 amide bonds. The summed E-state index contributed by atoms with van der Waals surface area (Å²) in [6.07, 6.45) is -4.52. The molecule has 90 valence electrons. The molecule has 0 spiro atoms. The normalized spacial score (nSPS) is 12.1. The second-order valence-corrected chi connectivity index (χ2v) is 3.76. The van der Waals surface area contributed by atoms with Crippen LogP contribution in [0, 0.1) is 0 Å². The topological polar surface area (TPSA) is 34.9 Å². The van der Waals surface area contributed by atoms with E-state index in [9.17, 15) is 18.0 Å². The number of aromatic nitrogens is 2. The average molecular weight is 242 g/mol. The molecule has 3 nitrogen and oxygen atoms in total. The third kappa shape index (κ3) is 1.90. The first-order valence-electron chi connectivity index (χ1n) is 4.85. The quantitative estimate of drug-likeness (QED) is 0.721. The van der Waals surface area contributed by atoms with E-state index in [4.69, 9.17) is 0 Å². The fourth-order valence-electron chi connectivity index (χ4n) is 1.69. The Morgan fingerprint density at radius 3 is 2.53 bits per heavy atom. The molecule has 0 aliphatic heterocycles. The molecule has 0 radical (unpaired) electrons. The maximum Gasteiger partial charge on any atom is 0.435 e. The number of carbonyl (C=O) groups is 1. The van der Waals surface area contributed by atoms with Crippen LogP contribution >= 0.6 is 0 Å². The minimum absolute atomic E-state index is 0.0484. The number of nitrogens with zero attached hydrogens (tertiary/aromatic N) is 2. The van der Waals surface area contributed by atoms with E-state index in [0.717, 1.165) is 4.68 Å². The Balaban J connectivity index is 2.78. The number of benzene rings is 1. The van der Waals surface area contributed by atoms with Crippen LogP contribution in [0.5, 0.6) is 0 Å². The van der Waals surface area contributed by atoms with Gasteiger partial charge in [-0.3, -0.25) is 9.48 Å². The van der Waals surface area contributed by atoms with Crippen LogP contribution in [0.4, 0.5) is 13.2 Å². The number of alkyl halides is 3. The Morgan fingerprint density at radius 1 is 1.35 bits per heavy atom. The number of aryl methyl sites for hydroxylation is 1. The summed E-state index contributed by atoms with van der Waals surface area (Å²) >= 11 is 0. The zero-order chi connectivity index (χ0) is 12.8. The maximum absolute atomic E-state index is 12.7. The predicted octanol–water partition coefficient (Wildman–Crippen LogP) is 2.79. The lowest BCUT2D eigenvalue weighted by molar-refractivity contribution is -0.140. The number of carbonyl (C=O) groups excluding carboxylic acids is 1. The summed E-state index contributed by atoms with van der Waals surface area (Å²) in [5, 5.41) is 3.39. The molecule has 1 aromatic heterocycles. The highest BCUT2D eigenvalue weighted by molar-refractivity contribution is 5.98. The molecular formula is C11H9F3N2O. The van der Waals surface area contributed by atoms with Crippen molar-refractivity contribution in [1.29, 1.82) is 0 Å². The zero-order valence-electron chi connectivity index (χ0n) is 9.17. The molecule has 0 atom stereocenters. The van der Waals surface area contributed by atoms with Crippen LogP contribution in [0.15, 0.2) is 18.2 Å². The standard InChI is InChI=1S/C11H9F3N2O/c1-6(17)7-3-4-9-8(5-7)10(11(12,13)14)15-16(9)2/h3-5H,1-2H3. The summed E-state index contributed by atoms with van der Waals surface area (Å²) in [5.74, 6) is -0.274. The number of rotatable bonds is 1. The van der Waals surface area contributed by atoms with Crippen LogP contribution < -0.4 is 0 Å². The molecule has 1 heterocycles. The third-order valence-corrected chi connectivity index (χ3v) is 2.53. The van der Waals surface area contributed by atoms with E-state index in [-0.39, 0.29) is 16.7 Å². The molecule has 0 unspecified atom stereocenters. The van der Waals surface area contributed by atoms with Gasteiger partial charge in [-0.25, -0.2) is 0 Å². The second-order valence-electron chi connectivity index (χ2n) is 3.76. The SMILES string of the molecule is CC(=O)c1ccc2c(c1)c(C(F)(F)F)nn2C. The number of halogens is 3. The largest absolute Gasteiger partial charge is 0.435 e. The minimum atomic E-state index is -4.52. The van der Waals surface area contributed by atoms with Gasteiger partial charge in [0.15, 0.2) is 11.5 Å². The first kappa shape index (κ1) is 11.6. The number of ketones is 1. The monoisotopic (exact) mass is 242 g/mol. The van der Waals surface area contributed by atoms with Crippen molar-refractivity contribution in [3.63, 3.8) is 0 Å². The van der Waals surface area contributed by atoms with Crippen molar-refractivity contribution in [1.82, 2.24) is 9.78 Å². The van der Waals surface area contributed by atoms with E-state index in [0.29, 0.717) is 5.52 Å². The van der Waals surface area contributed by atoms with E-state index < -0.39 is 11.9 Å². The molecule has 17 heavy (non-hydrogen) atoms. The molecule has 1 aromatic carbocycles.